The van der Waals surface area contributed by atoms with Gasteiger partial charge >= 0.3 is 0 Å². The lowest BCUT2D eigenvalue weighted by atomic mass is 9.77. The molecule has 0 radical (unpaired) electrons. The number of nitrogens with zero attached hydrogens (tertiary/aromatic N) is 2. The average Bonchev–Trinajstić information content (AvgIpc) is 2.31. The summed E-state index contributed by atoms with van der Waals surface area (Å²) in [4.78, 5) is 4.27. The van der Waals surface area contributed by atoms with Crippen molar-refractivity contribution in [3.05, 3.63) is 28.5 Å². The summed E-state index contributed by atoms with van der Waals surface area (Å²) in [5, 5.41) is 0. The first-order valence-corrected chi connectivity index (χ1v) is 8.45. The second-order valence-corrected chi connectivity index (χ2v) is 8.68. The first-order chi connectivity index (χ1) is 9.22. The van der Waals surface area contributed by atoms with Gasteiger partial charge in [-0.3, -0.25) is 0 Å². The summed E-state index contributed by atoms with van der Waals surface area (Å²) in [7, 11) is 0. The summed E-state index contributed by atoms with van der Waals surface area (Å²) >= 11 is 1.78. The van der Waals surface area contributed by atoms with E-state index in [2.05, 4.69) is 25.3 Å². The Hall–Kier alpha value is -0.460. The molecule has 1 fully saturated rings. The summed E-state index contributed by atoms with van der Waals surface area (Å²) < 4.78 is 31.3. The van der Waals surface area contributed by atoms with Crippen LogP contribution in [0.4, 0.5) is 4.39 Å². The van der Waals surface area contributed by atoms with Crippen LogP contribution < -0.4 is 0 Å². The molecule has 0 aromatic carbocycles. The van der Waals surface area contributed by atoms with Gasteiger partial charge in [0.2, 0.25) is 0 Å². The monoisotopic (exact) mass is 360 g/mol. The summed E-state index contributed by atoms with van der Waals surface area (Å²) in [6, 6.07) is 5.26. The minimum Gasteiger partial charge on any atom is -0.591 e. The van der Waals surface area contributed by atoms with Crippen LogP contribution in [0.1, 0.15) is 45.7 Å². The maximum Gasteiger partial charge on any atom is 0.159 e. The molecule has 1 aromatic heterocycles. The van der Waals surface area contributed by atoms with Crippen molar-refractivity contribution < 1.29 is 8.94 Å². The molecule has 3 nitrogen and oxygen atoms in total. The summed E-state index contributed by atoms with van der Waals surface area (Å²) in [6.07, 6.45) is 1.66. The molecule has 1 saturated carbocycles. The normalized spacial score (nSPS) is 20.4. The maximum atomic E-state index is 14.8. The molecule has 0 saturated heterocycles. The second kappa shape index (κ2) is 5.73. The van der Waals surface area contributed by atoms with E-state index in [1.807, 2.05) is 20.8 Å². The van der Waals surface area contributed by atoms with Crippen molar-refractivity contribution in [1.82, 2.24) is 4.98 Å². The first kappa shape index (κ1) is 15.9. The topological polar surface area (TPSA) is 48.3 Å². The van der Waals surface area contributed by atoms with Crippen LogP contribution in [0.2, 0.25) is 0 Å². The van der Waals surface area contributed by atoms with Crippen molar-refractivity contribution >= 4 is 33.0 Å². The van der Waals surface area contributed by atoms with Crippen LogP contribution in [0.25, 0.3) is 0 Å². The Labute approximate surface area is 130 Å². The number of halogens is 2. The number of pyridine rings is 1. The predicted octanol–water partition coefficient (Wildman–Crippen LogP) is 3.99. The van der Waals surface area contributed by atoms with Gasteiger partial charge in [0.1, 0.15) is 20.7 Å². The summed E-state index contributed by atoms with van der Waals surface area (Å²) in [6.45, 7) is 5.47. The standard InChI is InChI=1S/C14H18BrFN2OS/c1-13(2,3)20(19)18-12(14(16)8-5-9-14)10-6-4-7-11(15)17-10/h4,6-7H,5,8-9H2,1-3H3/t20-/m1/s1. The van der Waals surface area contributed by atoms with Crippen molar-refractivity contribution in [2.24, 2.45) is 4.40 Å². The Morgan fingerprint density at radius 2 is 2.10 bits per heavy atom. The van der Waals surface area contributed by atoms with E-state index in [0.29, 0.717) is 23.1 Å². The molecule has 110 valence electrons. The van der Waals surface area contributed by atoms with E-state index in [0.717, 1.165) is 6.42 Å². The van der Waals surface area contributed by atoms with Crippen molar-refractivity contribution in [3.8, 4) is 0 Å². The van der Waals surface area contributed by atoms with Crippen LogP contribution in [-0.2, 0) is 11.4 Å². The summed E-state index contributed by atoms with van der Waals surface area (Å²) in [5.41, 5.74) is -0.813. The fourth-order valence-electron chi connectivity index (χ4n) is 1.84. The van der Waals surface area contributed by atoms with Crippen molar-refractivity contribution in [2.75, 3.05) is 0 Å². The lowest BCUT2D eigenvalue weighted by Crippen LogP contribution is -2.43. The van der Waals surface area contributed by atoms with Gasteiger partial charge < -0.3 is 4.55 Å². The molecule has 20 heavy (non-hydrogen) atoms. The van der Waals surface area contributed by atoms with Gasteiger partial charge in [0.15, 0.2) is 11.4 Å². The van der Waals surface area contributed by atoms with Gasteiger partial charge in [0.25, 0.3) is 0 Å². The minimum absolute atomic E-state index is 0.221. The predicted molar refractivity (Wildman–Crippen MR) is 84.1 cm³/mol. The third kappa shape index (κ3) is 3.40. The Morgan fingerprint density at radius 1 is 1.45 bits per heavy atom. The van der Waals surface area contributed by atoms with Gasteiger partial charge in [-0.15, -0.1) is 0 Å². The van der Waals surface area contributed by atoms with Crippen molar-refractivity contribution in [1.29, 1.82) is 0 Å². The second-order valence-electron chi connectivity index (χ2n) is 5.97. The highest BCUT2D eigenvalue weighted by Gasteiger charge is 2.46. The third-order valence-electron chi connectivity index (χ3n) is 3.23. The van der Waals surface area contributed by atoms with E-state index >= 15 is 0 Å². The van der Waals surface area contributed by atoms with Gasteiger partial charge in [0, 0.05) is 0 Å². The van der Waals surface area contributed by atoms with E-state index < -0.39 is 21.8 Å². The van der Waals surface area contributed by atoms with Gasteiger partial charge in [-0.2, -0.15) is 0 Å². The van der Waals surface area contributed by atoms with E-state index in [-0.39, 0.29) is 5.71 Å². The van der Waals surface area contributed by atoms with E-state index in [1.54, 1.807) is 18.2 Å². The van der Waals surface area contributed by atoms with Crippen molar-refractivity contribution in [3.63, 3.8) is 0 Å². The summed E-state index contributed by atoms with van der Waals surface area (Å²) in [5.74, 6) is 0. The molecule has 1 heterocycles. The molecule has 1 aromatic rings. The van der Waals surface area contributed by atoms with Crippen molar-refractivity contribution in [2.45, 2.75) is 50.4 Å². The van der Waals surface area contributed by atoms with Crippen LogP contribution in [0.15, 0.2) is 27.2 Å². The van der Waals surface area contributed by atoms with Crippen LogP contribution in [0.5, 0.6) is 0 Å². The fraction of sp³-hybridized carbons (Fsp3) is 0.571. The molecule has 0 bridgehead atoms. The van der Waals surface area contributed by atoms with E-state index in [4.69, 9.17) is 0 Å². The lowest BCUT2D eigenvalue weighted by molar-refractivity contribution is 0.143. The Kier molecular flexibility index (Phi) is 4.56. The molecule has 0 unspecified atom stereocenters. The quantitative estimate of drug-likeness (QED) is 0.464. The molecule has 1 aliphatic carbocycles. The Balaban J connectivity index is 2.43. The zero-order valence-corrected chi connectivity index (χ0v) is 14.2. The minimum atomic E-state index is -1.50. The molecular formula is C14H18BrFN2OS. The lowest BCUT2D eigenvalue weighted by Gasteiger charge is -2.34. The first-order valence-electron chi connectivity index (χ1n) is 6.55. The molecule has 0 amide bonds. The Morgan fingerprint density at radius 3 is 2.55 bits per heavy atom. The smallest absolute Gasteiger partial charge is 0.159 e. The molecule has 0 N–H and O–H groups in total. The Bertz CT molecular complexity index is 526. The molecule has 1 atom stereocenters. The number of alkyl halides is 1. The molecule has 0 spiro atoms. The van der Waals surface area contributed by atoms with Gasteiger partial charge in [0.05, 0.1) is 5.69 Å². The van der Waals surface area contributed by atoms with Crippen LogP contribution >= 0.6 is 15.9 Å². The number of hydrogen-bond donors (Lipinski definition) is 0. The third-order valence-corrected chi connectivity index (χ3v) is 5.06. The SMILES string of the molecule is CC(C)(C)[S@@+]([O-])N=C(c1cccc(Br)n1)C1(F)CCC1. The fourth-order valence-corrected chi connectivity index (χ4v) is 2.88. The zero-order valence-electron chi connectivity index (χ0n) is 11.8. The van der Waals surface area contributed by atoms with E-state index in [9.17, 15) is 8.94 Å². The number of hydrogen-bond acceptors (Lipinski definition) is 3. The van der Waals surface area contributed by atoms with Gasteiger partial charge in [-0.25, -0.2) is 9.37 Å². The maximum absolute atomic E-state index is 14.8. The molecule has 6 heteroatoms. The molecular weight excluding hydrogens is 343 g/mol. The molecule has 2 rings (SSSR count). The molecule has 1 aliphatic rings. The largest absolute Gasteiger partial charge is 0.591 e. The highest BCUT2D eigenvalue weighted by atomic mass is 79.9. The van der Waals surface area contributed by atoms with Gasteiger partial charge in [-0.05, 0) is 68.1 Å². The molecule has 0 aliphatic heterocycles. The average molecular weight is 361 g/mol. The van der Waals surface area contributed by atoms with E-state index in [1.165, 1.54) is 0 Å². The highest BCUT2D eigenvalue weighted by Crippen LogP contribution is 2.39. The van der Waals surface area contributed by atoms with Crippen LogP contribution in [0, 0.1) is 0 Å². The number of rotatable bonds is 3. The number of aromatic nitrogens is 1. The highest BCUT2D eigenvalue weighted by molar-refractivity contribution is 9.10. The zero-order chi connectivity index (χ0) is 15.0. The van der Waals surface area contributed by atoms with Gasteiger partial charge in [-0.1, -0.05) is 10.5 Å². The van der Waals surface area contributed by atoms with Crippen LogP contribution in [0.3, 0.4) is 0 Å². The van der Waals surface area contributed by atoms with Crippen LogP contribution in [-0.4, -0.2) is 25.7 Å².